The fourth-order valence-corrected chi connectivity index (χ4v) is 3.82. The molecule has 4 rings (SSSR count). The molecule has 1 saturated heterocycles. The molecule has 1 aromatic carbocycles. The highest BCUT2D eigenvalue weighted by Crippen LogP contribution is 2.30. The van der Waals surface area contributed by atoms with Crippen LogP contribution in [0.1, 0.15) is 44.0 Å². The van der Waals surface area contributed by atoms with E-state index in [-0.39, 0.29) is 5.91 Å². The van der Waals surface area contributed by atoms with Gasteiger partial charge in [-0.15, -0.1) is 0 Å². The van der Waals surface area contributed by atoms with E-state index >= 15 is 0 Å². The molecule has 2 aliphatic rings. The molecule has 1 aliphatic carbocycles. The molecule has 2 heterocycles. The third-order valence-corrected chi connectivity index (χ3v) is 5.14. The predicted molar refractivity (Wildman–Crippen MR) is 95.9 cm³/mol. The summed E-state index contributed by atoms with van der Waals surface area (Å²) in [7, 11) is 0. The third kappa shape index (κ3) is 3.74. The molecule has 132 valence electrons. The molecule has 2 fully saturated rings. The van der Waals surface area contributed by atoms with E-state index in [2.05, 4.69) is 27.0 Å². The highest BCUT2D eigenvalue weighted by Gasteiger charge is 2.24. The van der Waals surface area contributed by atoms with Crippen LogP contribution in [-0.2, 0) is 11.3 Å². The van der Waals surface area contributed by atoms with Gasteiger partial charge in [0, 0.05) is 18.7 Å². The van der Waals surface area contributed by atoms with Crippen molar-refractivity contribution in [3.63, 3.8) is 0 Å². The number of benzene rings is 1. The average Bonchev–Trinajstić information content (AvgIpc) is 3.07. The Morgan fingerprint density at radius 2 is 1.92 bits per heavy atom. The molecule has 1 amide bonds. The molecule has 1 aromatic heterocycles. The van der Waals surface area contributed by atoms with E-state index in [1.54, 1.807) is 0 Å². The van der Waals surface area contributed by atoms with Gasteiger partial charge in [0.05, 0.1) is 19.1 Å². The van der Waals surface area contributed by atoms with Crippen LogP contribution >= 0.6 is 0 Å². The molecule has 1 aliphatic heterocycles. The van der Waals surface area contributed by atoms with Gasteiger partial charge in [0.25, 0.3) is 0 Å². The lowest BCUT2D eigenvalue weighted by atomic mass is 9.95. The zero-order chi connectivity index (χ0) is 17.1. The summed E-state index contributed by atoms with van der Waals surface area (Å²) in [5.41, 5.74) is 1.05. The summed E-state index contributed by atoms with van der Waals surface area (Å²) in [6.07, 6.45) is 6.18. The van der Waals surface area contributed by atoms with Gasteiger partial charge in [-0.2, -0.15) is 5.10 Å². The number of nitrogens with zero attached hydrogens (tertiary/aromatic N) is 4. The van der Waals surface area contributed by atoms with Gasteiger partial charge in [-0.1, -0.05) is 49.6 Å². The van der Waals surface area contributed by atoms with Crippen molar-refractivity contribution in [2.75, 3.05) is 19.6 Å². The van der Waals surface area contributed by atoms with Gasteiger partial charge < -0.3 is 5.32 Å². The van der Waals surface area contributed by atoms with Crippen LogP contribution < -0.4 is 5.32 Å². The van der Waals surface area contributed by atoms with Gasteiger partial charge in [-0.05, 0) is 12.8 Å². The number of rotatable bonds is 4. The summed E-state index contributed by atoms with van der Waals surface area (Å²) in [6.45, 7) is 2.70. The standard InChI is InChI=1S/C19H25N5O/c25-18-14-23(12-11-20-18)13-17-21-19(15-7-3-1-4-8-15)22-24(17)16-9-5-2-6-10-16/h1,3-4,7-8,16H,2,5-6,9-14H2,(H,20,25). The number of hydrogen-bond donors (Lipinski definition) is 1. The van der Waals surface area contributed by atoms with Crippen molar-refractivity contribution in [3.8, 4) is 11.4 Å². The van der Waals surface area contributed by atoms with E-state index in [0.29, 0.717) is 25.7 Å². The molecule has 1 saturated carbocycles. The van der Waals surface area contributed by atoms with Crippen molar-refractivity contribution in [3.05, 3.63) is 36.2 Å². The molecule has 2 aromatic rings. The Labute approximate surface area is 148 Å². The van der Waals surface area contributed by atoms with Crippen LogP contribution in [0.4, 0.5) is 0 Å². The second-order valence-corrected chi connectivity index (χ2v) is 7.01. The average molecular weight is 339 g/mol. The van der Waals surface area contributed by atoms with E-state index in [4.69, 9.17) is 10.1 Å². The first-order valence-electron chi connectivity index (χ1n) is 9.29. The highest BCUT2D eigenvalue weighted by molar-refractivity contribution is 5.78. The second-order valence-electron chi connectivity index (χ2n) is 7.01. The molecular weight excluding hydrogens is 314 g/mol. The van der Waals surface area contributed by atoms with Crippen LogP contribution in [0.15, 0.2) is 30.3 Å². The van der Waals surface area contributed by atoms with Crippen LogP contribution in [0, 0.1) is 0 Å². The lowest BCUT2D eigenvalue weighted by Crippen LogP contribution is -2.47. The summed E-state index contributed by atoms with van der Waals surface area (Å²) in [5, 5.41) is 7.75. The fraction of sp³-hybridized carbons (Fsp3) is 0.526. The van der Waals surface area contributed by atoms with Crippen LogP contribution in [0.25, 0.3) is 11.4 Å². The SMILES string of the molecule is O=C1CN(Cc2nc(-c3ccccc3)nn2C2CCCCC2)CCN1. The van der Waals surface area contributed by atoms with E-state index in [9.17, 15) is 4.79 Å². The normalized spacial score (nSPS) is 19.8. The van der Waals surface area contributed by atoms with Crippen molar-refractivity contribution < 1.29 is 4.79 Å². The number of amides is 1. The van der Waals surface area contributed by atoms with Crippen molar-refractivity contribution in [1.29, 1.82) is 0 Å². The van der Waals surface area contributed by atoms with E-state index in [0.717, 1.165) is 23.8 Å². The van der Waals surface area contributed by atoms with Crippen molar-refractivity contribution in [2.45, 2.75) is 44.7 Å². The molecule has 25 heavy (non-hydrogen) atoms. The molecule has 0 radical (unpaired) electrons. The van der Waals surface area contributed by atoms with Crippen molar-refractivity contribution in [2.24, 2.45) is 0 Å². The number of carbonyl (C=O) groups is 1. The lowest BCUT2D eigenvalue weighted by Gasteiger charge is -2.28. The Morgan fingerprint density at radius 1 is 1.12 bits per heavy atom. The Bertz CT molecular complexity index is 721. The number of aromatic nitrogens is 3. The molecule has 1 N–H and O–H groups in total. The van der Waals surface area contributed by atoms with Gasteiger partial charge in [0.1, 0.15) is 5.82 Å². The van der Waals surface area contributed by atoms with Gasteiger partial charge in [-0.3, -0.25) is 9.69 Å². The molecule has 0 spiro atoms. The monoisotopic (exact) mass is 339 g/mol. The summed E-state index contributed by atoms with van der Waals surface area (Å²) in [6, 6.07) is 10.6. The van der Waals surface area contributed by atoms with Crippen molar-refractivity contribution in [1.82, 2.24) is 25.0 Å². The van der Waals surface area contributed by atoms with Gasteiger partial charge in [0.15, 0.2) is 5.82 Å². The summed E-state index contributed by atoms with van der Waals surface area (Å²) >= 11 is 0. The van der Waals surface area contributed by atoms with Crippen molar-refractivity contribution >= 4 is 5.91 Å². The number of hydrogen-bond acceptors (Lipinski definition) is 4. The van der Waals surface area contributed by atoms with E-state index in [1.807, 2.05) is 18.2 Å². The summed E-state index contributed by atoms with van der Waals surface area (Å²) in [4.78, 5) is 18.7. The number of piperazine rings is 1. The summed E-state index contributed by atoms with van der Waals surface area (Å²) in [5.74, 6) is 1.88. The molecule has 0 bridgehead atoms. The maximum atomic E-state index is 11.7. The first-order chi connectivity index (χ1) is 12.3. The minimum atomic E-state index is 0.0956. The fourth-order valence-electron chi connectivity index (χ4n) is 3.82. The van der Waals surface area contributed by atoms with Crippen LogP contribution in [0.2, 0.25) is 0 Å². The van der Waals surface area contributed by atoms with E-state index < -0.39 is 0 Å². The number of carbonyl (C=O) groups excluding carboxylic acids is 1. The van der Waals surface area contributed by atoms with Crippen LogP contribution in [-0.4, -0.2) is 45.2 Å². The Hall–Kier alpha value is -2.21. The van der Waals surface area contributed by atoms with E-state index in [1.165, 1.54) is 32.1 Å². The molecule has 6 heteroatoms. The van der Waals surface area contributed by atoms with Crippen LogP contribution in [0.3, 0.4) is 0 Å². The quantitative estimate of drug-likeness (QED) is 0.929. The first kappa shape index (κ1) is 16.3. The zero-order valence-electron chi connectivity index (χ0n) is 14.5. The Balaban J connectivity index is 1.62. The molecule has 6 nitrogen and oxygen atoms in total. The highest BCUT2D eigenvalue weighted by atomic mass is 16.2. The van der Waals surface area contributed by atoms with Gasteiger partial charge in [-0.25, -0.2) is 9.67 Å². The number of nitrogens with one attached hydrogen (secondary N) is 1. The van der Waals surface area contributed by atoms with Gasteiger partial charge in [0.2, 0.25) is 5.91 Å². The minimum Gasteiger partial charge on any atom is -0.354 e. The maximum Gasteiger partial charge on any atom is 0.234 e. The second kappa shape index (κ2) is 7.35. The third-order valence-electron chi connectivity index (χ3n) is 5.14. The van der Waals surface area contributed by atoms with Gasteiger partial charge >= 0.3 is 0 Å². The topological polar surface area (TPSA) is 63.1 Å². The summed E-state index contributed by atoms with van der Waals surface area (Å²) < 4.78 is 2.15. The molecular formula is C19H25N5O. The van der Waals surface area contributed by atoms with Crippen LogP contribution in [0.5, 0.6) is 0 Å². The minimum absolute atomic E-state index is 0.0956. The largest absolute Gasteiger partial charge is 0.354 e. The molecule has 0 atom stereocenters. The smallest absolute Gasteiger partial charge is 0.234 e. The predicted octanol–water partition coefficient (Wildman–Crippen LogP) is 2.38. The zero-order valence-corrected chi connectivity index (χ0v) is 14.5. The first-order valence-corrected chi connectivity index (χ1v) is 9.29. The maximum absolute atomic E-state index is 11.7. The Morgan fingerprint density at radius 3 is 2.68 bits per heavy atom. The molecule has 0 unspecified atom stereocenters. The Kier molecular flexibility index (Phi) is 4.78. The lowest BCUT2D eigenvalue weighted by molar-refractivity contribution is -0.124.